The first kappa shape index (κ1) is 18.1. The molecular weight excluding hydrogens is 328 g/mol. The molecule has 6 nitrogen and oxygen atoms in total. The average molecular weight is 348 g/mol. The molecule has 1 unspecified atom stereocenters. The number of nitrogens with one attached hydrogen (secondary N) is 2. The fraction of sp³-hybridized carbons (Fsp3) is 0.294. The second-order valence-electron chi connectivity index (χ2n) is 5.07. The van der Waals surface area contributed by atoms with E-state index in [1.165, 1.54) is 18.0 Å². The van der Waals surface area contributed by atoms with E-state index in [0.29, 0.717) is 18.1 Å². The van der Waals surface area contributed by atoms with Crippen LogP contribution in [0.2, 0.25) is 0 Å². The van der Waals surface area contributed by atoms with Gasteiger partial charge in [0.15, 0.2) is 0 Å². The highest BCUT2D eigenvalue weighted by Crippen LogP contribution is 2.17. The summed E-state index contributed by atoms with van der Waals surface area (Å²) in [7, 11) is 0. The zero-order valence-electron chi connectivity index (χ0n) is 13.1. The molecule has 0 fully saturated rings. The van der Waals surface area contributed by atoms with Crippen molar-refractivity contribution in [2.24, 2.45) is 0 Å². The quantitative estimate of drug-likeness (QED) is 0.638. The van der Waals surface area contributed by atoms with Crippen LogP contribution in [0.15, 0.2) is 53.1 Å². The van der Waals surface area contributed by atoms with Crippen molar-refractivity contribution in [1.29, 1.82) is 0 Å². The van der Waals surface area contributed by atoms with E-state index in [1.807, 2.05) is 30.3 Å². The van der Waals surface area contributed by atoms with E-state index in [-0.39, 0.29) is 24.1 Å². The first-order chi connectivity index (χ1) is 11.6. The number of carbonyl (C=O) groups is 2. The third-order valence-corrected chi connectivity index (χ3v) is 4.20. The Labute approximate surface area is 144 Å². The van der Waals surface area contributed by atoms with Crippen molar-refractivity contribution in [3.05, 3.63) is 60.1 Å². The Balaban J connectivity index is 1.57. The van der Waals surface area contributed by atoms with Gasteiger partial charge in [0.2, 0.25) is 11.8 Å². The lowest BCUT2D eigenvalue weighted by Crippen LogP contribution is -2.37. The summed E-state index contributed by atoms with van der Waals surface area (Å²) in [5.74, 6) is 0.736. The number of rotatable bonds is 9. The van der Waals surface area contributed by atoms with Gasteiger partial charge in [-0.05, 0) is 17.7 Å². The summed E-state index contributed by atoms with van der Waals surface area (Å²) in [5.41, 5.74) is 0.822. The predicted octanol–water partition coefficient (Wildman–Crippen LogP) is 1.48. The summed E-state index contributed by atoms with van der Waals surface area (Å²) in [5, 5.41) is 15.2. The van der Waals surface area contributed by atoms with Gasteiger partial charge in [-0.25, -0.2) is 0 Å². The number of hydrogen-bond acceptors (Lipinski definition) is 5. The van der Waals surface area contributed by atoms with Gasteiger partial charge in [-0.2, -0.15) is 0 Å². The van der Waals surface area contributed by atoms with Crippen LogP contribution in [0, 0.1) is 0 Å². The molecule has 7 heteroatoms. The Hall–Kier alpha value is -2.25. The van der Waals surface area contributed by atoms with Gasteiger partial charge in [-0.15, -0.1) is 11.8 Å². The molecule has 128 valence electrons. The van der Waals surface area contributed by atoms with Crippen LogP contribution >= 0.6 is 11.8 Å². The molecule has 0 saturated carbocycles. The van der Waals surface area contributed by atoms with Crippen molar-refractivity contribution < 1.29 is 19.1 Å². The van der Waals surface area contributed by atoms with Crippen molar-refractivity contribution in [3.8, 4) is 0 Å². The standard InChI is InChI=1S/C17H20N2O4S/c20-15(13-5-2-1-3-6-13)11-24-12-17(22)19-10-16(21)18-9-14-7-4-8-23-14/h1-8,15,20H,9-12H2,(H,18,21)(H,19,22). The molecule has 1 heterocycles. The van der Waals surface area contributed by atoms with E-state index in [9.17, 15) is 14.7 Å². The minimum absolute atomic E-state index is 0.0820. The smallest absolute Gasteiger partial charge is 0.239 e. The lowest BCUT2D eigenvalue weighted by Gasteiger charge is -2.10. The van der Waals surface area contributed by atoms with Gasteiger partial charge in [0.1, 0.15) is 5.76 Å². The summed E-state index contributed by atoms with van der Waals surface area (Å²) >= 11 is 1.32. The van der Waals surface area contributed by atoms with Crippen LogP contribution < -0.4 is 10.6 Å². The molecule has 0 aliphatic carbocycles. The molecule has 1 aromatic carbocycles. The lowest BCUT2D eigenvalue weighted by molar-refractivity contribution is -0.124. The third kappa shape index (κ3) is 6.47. The minimum Gasteiger partial charge on any atom is -0.467 e. The Bertz CT molecular complexity index is 631. The molecule has 0 spiro atoms. The molecule has 0 bridgehead atoms. The molecule has 24 heavy (non-hydrogen) atoms. The number of thioether (sulfide) groups is 1. The maximum absolute atomic E-state index is 11.7. The number of aliphatic hydroxyl groups excluding tert-OH is 1. The van der Waals surface area contributed by atoms with Crippen LogP contribution in [0.25, 0.3) is 0 Å². The van der Waals surface area contributed by atoms with E-state index in [1.54, 1.807) is 12.1 Å². The number of hydrogen-bond donors (Lipinski definition) is 3. The molecule has 0 radical (unpaired) electrons. The normalized spacial score (nSPS) is 11.7. The number of aliphatic hydroxyl groups is 1. The van der Waals surface area contributed by atoms with E-state index in [4.69, 9.17) is 4.42 Å². The highest BCUT2D eigenvalue weighted by Gasteiger charge is 2.10. The van der Waals surface area contributed by atoms with E-state index in [2.05, 4.69) is 10.6 Å². The summed E-state index contributed by atoms with van der Waals surface area (Å²) in [4.78, 5) is 23.3. The molecule has 0 saturated heterocycles. The first-order valence-corrected chi connectivity index (χ1v) is 8.67. The maximum Gasteiger partial charge on any atom is 0.239 e. The number of carbonyl (C=O) groups excluding carboxylic acids is 2. The summed E-state index contributed by atoms with van der Waals surface area (Å²) in [6.45, 7) is 0.209. The van der Waals surface area contributed by atoms with Gasteiger partial charge < -0.3 is 20.2 Å². The molecule has 2 rings (SSSR count). The second kappa shape index (κ2) is 9.79. The van der Waals surface area contributed by atoms with E-state index < -0.39 is 6.10 Å². The Morgan fingerprint density at radius 3 is 2.58 bits per heavy atom. The van der Waals surface area contributed by atoms with Crippen molar-refractivity contribution in [2.45, 2.75) is 12.6 Å². The summed E-state index contributed by atoms with van der Waals surface area (Å²) in [6, 6.07) is 12.8. The molecular formula is C17H20N2O4S. The summed E-state index contributed by atoms with van der Waals surface area (Å²) < 4.78 is 5.09. The molecule has 0 aliphatic rings. The molecule has 0 aliphatic heterocycles. The topological polar surface area (TPSA) is 91.6 Å². The fourth-order valence-corrected chi connectivity index (χ4v) is 2.75. The third-order valence-electron chi connectivity index (χ3n) is 3.18. The SMILES string of the molecule is O=C(CNC(=O)CSCC(O)c1ccccc1)NCc1ccco1. The van der Waals surface area contributed by atoms with Crippen LogP contribution in [0.4, 0.5) is 0 Å². The van der Waals surface area contributed by atoms with Gasteiger partial charge in [-0.3, -0.25) is 9.59 Å². The Morgan fingerprint density at radius 2 is 1.88 bits per heavy atom. The molecule has 3 N–H and O–H groups in total. The average Bonchev–Trinajstić information content (AvgIpc) is 3.12. The van der Waals surface area contributed by atoms with Crippen LogP contribution in [0.3, 0.4) is 0 Å². The zero-order valence-corrected chi connectivity index (χ0v) is 13.9. The minimum atomic E-state index is -0.611. The largest absolute Gasteiger partial charge is 0.467 e. The molecule has 2 aromatic rings. The van der Waals surface area contributed by atoms with Crippen LogP contribution in [0.5, 0.6) is 0 Å². The van der Waals surface area contributed by atoms with Crippen LogP contribution in [-0.4, -0.2) is 35.0 Å². The lowest BCUT2D eigenvalue weighted by atomic mass is 10.1. The molecule has 2 amide bonds. The van der Waals surface area contributed by atoms with Gasteiger partial charge in [-0.1, -0.05) is 30.3 Å². The van der Waals surface area contributed by atoms with Gasteiger partial charge in [0.05, 0.1) is 31.2 Å². The van der Waals surface area contributed by atoms with Crippen LogP contribution in [0.1, 0.15) is 17.4 Å². The van der Waals surface area contributed by atoms with Gasteiger partial charge in [0.25, 0.3) is 0 Å². The van der Waals surface area contributed by atoms with Crippen LogP contribution in [-0.2, 0) is 16.1 Å². The number of benzene rings is 1. The second-order valence-corrected chi connectivity index (χ2v) is 6.10. The Morgan fingerprint density at radius 1 is 1.08 bits per heavy atom. The molecule has 1 atom stereocenters. The van der Waals surface area contributed by atoms with Crippen molar-refractivity contribution in [2.75, 3.05) is 18.1 Å². The number of furan rings is 1. The highest BCUT2D eigenvalue weighted by atomic mass is 32.2. The fourth-order valence-electron chi connectivity index (χ4n) is 1.93. The Kier molecular flexibility index (Phi) is 7.38. The van der Waals surface area contributed by atoms with Gasteiger partial charge in [0, 0.05) is 5.75 Å². The maximum atomic E-state index is 11.7. The molecule has 1 aromatic heterocycles. The van der Waals surface area contributed by atoms with Crippen molar-refractivity contribution in [1.82, 2.24) is 10.6 Å². The van der Waals surface area contributed by atoms with E-state index >= 15 is 0 Å². The van der Waals surface area contributed by atoms with Crippen molar-refractivity contribution in [3.63, 3.8) is 0 Å². The van der Waals surface area contributed by atoms with Crippen molar-refractivity contribution >= 4 is 23.6 Å². The first-order valence-electron chi connectivity index (χ1n) is 7.51. The van der Waals surface area contributed by atoms with Gasteiger partial charge >= 0.3 is 0 Å². The summed E-state index contributed by atoms with van der Waals surface area (Å²) in [6.07, 6.45) is 0.922. The van der Waals surface area contributed by atoms with E-state index in [0.717, 1.165) is 5.56 Å². The number of amides is 2. The highest BCUT2D eigenvalue weighted by molar-refractivity contribution is 7.99. The monoisotopic (exact) mass is 348 g/mol. The zero-order chi connectivity index (χ0) is 17.2. The predicted molar refractivity (Wildman–Crippen MR) is 92.3 cm³/mol.